The number of hydrogen-bond donors (Lipinski definition) is 2. The average Bonchev–Trinajstić information content (AvgIpc) is 2.88. The predicted octanol–water partition coefficient (Wildman–Crippen LogP) is 4.19. The molecule has 0 radical (unpaired) electrons. The van der Waals surface area contributed by atoms with Crippen LogP contribution in [0.15, 0.2) is 35.4 Å². The van der Waals surface area contributed by atoms with E-state index in [1.54, 1.807) is 11.2 Å². The molecule has 2 aliphatic rings. The van der Waals surface area contributed by atoms with E-state index in [1.807, 2.05) is 44.2 Å². The summed E-state index contributed by atoms with van der Waals surface area (Å²) in [5.74, 6) is 0. The maximum Gasteiger partial charge on any atom is 0.343 e. The first-order valence-electron chi connectivity index (χ1n) is 9.28. The number of carbonyl (C=O) groups excluding carboxylic acids is 1. The van der Waals surface area contributed by atoms with Gasteiger partial charge in [-0.2, -0.15) is 10.2 Å². The Labute approximate surface area is 169 Å². The van der Waals surface area contributed by atoms with Crippen LogP contribution in [0.3, 0.4) is 0 Å². The van der Waals surface area contributed by atoms with E-state index in [0.717, 1.165) is 36.3 Å². The van der Waals surface area contributed by atoms with Gasteiger partial charge in [-0.3, -0.25) is 5.21 Å². The van der Waals surface area contributed by atoms with Gasteiger partial charge in [0.05, 0.1) is 11.0 Å². The molecule has 1 saturated heterocycles. The Kier molecular flexibility index (Phi) is 6.39. The van der Waals surface area contributed by atoms with E-state index in [0.29, 0.717) is 4.32 Å². The summed E-state index contributed by atoms with van der Waals surface area (Å²) in [6.45, 7) is 3.90. The van der Waals surface area contributed by atoms with Crippen LogP contribution in [0.2, 0.25) is 0 Å². The summed E-state index contributed by atoms with van der Waals surface area (Å²) in [5, 5.41) is 20.4. The molecule has 8 heteroatoms. The molecule has 6 nitrogen and oxygen atoms in total. The maximum absolute atomic E-state index is 12.6. The topological polar surface area (TPSA) is 68.2 Å². The number of hydroxylamine groups is 2. The van der Waals surface area contributed by atoms with E-state index in [-0.39, 0.29) is 6.04 Å². The van der Waals surface area contributed by atoms with Crippen LogP contribution < -0.4 is 5.32 Å². The fraction of sp³-hybridized carbons (Fsp3) is 0.526. The Hall–Kier alpha value is -1.64. The second-order valence-electron chi connectivity index (χ2n) is 7.47. The highest BCUT2D eigenvalue weighted by atomic mass is 32.2. The van der Waals surface area contributed by atoms with E-state index in [9.17, 15) is 10.0 Å². The minimum absolute atomic E-state index is 0.117. The summed E-state index contributed by atoms with van der Waals surface area (Å²) >= 11 is 6.88. The van der Waals surface area contributed by atoms with Gasteiger partial charge in [-0.25, -0.2) is 9.80 Å². The van der Waals surface area contributed by atoms with Crippen LogP contribution in [0.1, 0.15) is 51.5 Å². The molecule has 0 aromatic heterocycles. The third kappa shape index (κ3) is 4.80. The van der Waals surface area contributed by atoms with Gasteiger partial charge in [0.1, 0.15) is 0 Å². The molecular formula is C19H26N4O2S2. The molecule has 0 bridgehead atoms. The lowest BCUT2D eigenvalue weighted by atomic mass is 9.96. The van der Waals surface area contributed by atoms with Gasteiger partial charge in [0.25, 0.3) is 0 Å². The number of thiocarbonyl (C=S) groups is 1. The van der Waals surface area contributed by atoms with E-state index in [4.69, 9.17) is 12.2 Å². The molecule has 2 fully saturated rings. The number of rotatable bonds is 4. The molecule has 1 aromatic rings. The lowest BCUT2D eigenvalue weighted by molar-refractivity contribution is -0.119. The summed E-state index contributed by atoms with van der Waals surface area (Å²) in [7, 11) is 0. The fourth-order valence-corrected chi connectivity index (χ4v) is 5.28. The predicted molar refractivity (Wildman–Crippen MR) is 113 cm³/mol. The van der Waals surface area contributed by atoms with Crippen molar-refractivity contribution in [1.82, 2.24) is 15.4 Å². The third-order valence-electron chi connectivity index (χ3n) is 4.89. The molecule has 3 rings (SSSR count). The quantitative estimate of drug-likeness (QED) is 0.340. The second kappa shape index (κ2) is 8.58. The Balaban J connectivity index is 1.75. The van der Waals surface area contributed by atoms with Gasteiger partial charge < -0.3 is 5.32 Å². The largest absolute Gasteiger partial charge is 0.343 e. The average molecular weight is 407 g/mol. The van der Waals surface area contributed by atoms with Crippen molar-refractivity contribution in [2.45, 2.75) is 62.9 Å². The van der Waals surface area contributed by atoms with Gasteiger partial charge >= 0.3 is 6.03 Å². The maximum atomic E-state index is 12.6. The summed E-state index contributed by atoms with van der Waals surface area (Å²) < 4.78 is 0.0331. The van der Waals surface area contributed by atoms with E-state index < -0.39 is 16.9 Å². The van der Waals surface area contributed by atoms with Gasteiger partial charge in [-0.05, 0) is 32.3 Å². The van der Waals surface area contributed by atoms with Gasteiger partial charge in [0.2, 0.25) is 0 Å². The zero-order chi connectivity index (χ0) is 19.4. The van der Waals surface area contributed by atoms with Crippen molar-refractivity contribution >= 4 is 40.5 Å². The molecule has 0 spiro atoms. The Bertz CT molecular complexity index is 705. The van der Waals surface area contributed by atoms with Crippen molar-refractivity contribution < 1.29 is 10.0 Å². The zero-order valence-electron chi connectivity index (χ0n) is 15.7. The summed E-state index contributed by atoms with van der Waals surface area (Å²) in [6.07, 6.45) is 6.34. The third-order valence-corrected chi connectivity index (χ3v) is 6.43. The smallest absolute Gasteiger partial charge is 0.333 e. The molecule has 1 saturated carbocycles. The van der Waals surface area contributed by atoms with E-state index in [2.05, 4.69) is 10.4 Å². The first-order chi connectivity index (χ1) is 12.9. The van der Waals surface area contributed by atoms with Crippen LogP contribution >= 0.6 is 24.0 Å². The van der Waals surface area contributed by atoms with Crippen molar-refractivity contribution in [1.29, 1.82) is 0 Å². The van der Waals surface area contributed by atoms with Gasteiger partial charge in [-0.1, -0.05) is 73.6 Å². The lowest BCUT2D eigenvalue weighted by Gasteiger charge is -2.35. The number of benzene rings is 1. The highest BCUT2D eigenvalue weighted by molar-refractivity contribution is 8.24. The highest BCUT2D eigenvalue weighted by Crippen LogP contribution is 2.42. The van der Waals surface area contributed by atoms with Crippen molar-refractivity contribution in [2.24, 2.45) is 5.10 Å². The summed E-state index contributed by atoms with van der Waals surface area (Å²) in [4.78, 5) is 12.6. The number of hydrazone groups is 1. The second-order valence-corrected chi connectivity index (χ2v) is 9.76. The van der Waals surface area contributed by atoms with Gasteiger partial charge in [0, 0.05) is 6.04 Å². The molecule has 2 amide bonds. The van der Waals surface area contributed by atoms with Crippen LogP contribution in [-0.2, 0) is 0 Å². The molecular weight excluding hydrogens is 380 g/mol. The summed E-state index contributed by atoms with van der Waals surface area (Å²) in [6, 6.07) is 9.28. The Morgan fingerprint density at radius 1 is 1.33 bits per heavy atom. The number of nitrogens with zero attached hydrogens (tertiary/aromatic N) is 3. The molecule has 1 heterocycles. The Morgan fingerprint density at radius 2 is 2.00 bits per heavy atom. The SMILES string of the molecule is CC1(C)SC(=S)N(/N=C/c2ccccc2)C1N(O)C(=O)NC1CCCCC1. The fourth-order valence-electron chi connectivity index (χ4n) is 3.49. The number of thioether (sulfide) groups is 1. The molecule has 146 valence electrons. The standard InChI is InChI=1S/C19H26N4O2S2/c1-19(2)16(23(25)17(24)21-15-11-7-4-8-12-15)22(18(26)27-19)20-13-14-9-5-3-6-10-14/h3,5-6,9-10,13,15-16,25H,4,7-8,11-12H2,1-2H3,(H,21,24)/b20-13+. The minimum atomic E-state index is -0.682. The monoisotopic (exact) mass is 406 g/mol. The normalized spacial score (nSPS) is 23.0. The molecule has 1 atom stereocenters. The number of hydrogen-bond acceptors (Lipinski definition) is 5. The van der Waals surface area contributed by atoms with Gasteiger partial charge in [0.15, 0.2) is 10.5 Å². The first kappa shape index (κ1) is 20.1. The molecule has 2 N–H and O–H groups in total. The van der Waals surface area contributed by atoms with Crippen molar-refractivity contribution in [3.63, 3.8) is 0 Å². The van der Waals surface area contributed by atoms with Gasteiger partial charge in [-0.15, -0.1) is 0 Å². The summed E-state index contributed by atoms with van der Waals surface area (Å²) in [5.41, 5.74) is 0.921. The Morgan fingerprint density at radius 3 is 2.67 bits per heavy atom. The zero-order valence-corrected chi connectivity index (χ0v) is 17.3. The van der Waals surface area contributed by atoms with Crippen molar-refractivity contribution in [2.75, 3.05) is 0 Å². The number of urea groups is 1. The minimum Gasteiger partial charge on any atom is -0.333 e. The molecule has 1 aromatic carbocycles. The molecule has 1 aliphatic carbocycles. The van der Waals surface area contributed by atoms with Crippen LogP contribution in [0.4, 0.5) is 4.79 Å². The number of carbonyl (C=O) groups is 1. The van der Waals surface area contributed by atoms with E-state index in [1.165, 1.54) is 18.2 Å². The molecule has 1 aliphatic heterocycles. The van der Waals surface area contributed by atoms with Crippen molar-refractivity contribution in [3.05, 3.63) is 35.9 Å². The van der Waals surface area contributed by atoms with Crippen LogP contribution in [0.5, 0.6) is 0 Å². The van der Waals surface area contributed by atoms with Crippen LogP contribution in [0, 0.1) is 0 Å². The van der Waals surface area contributed by atoms with Crippen LogP contribution in [0.25, 0.3) is 0 Å². The number of amides is 2. The lowest BCUT2D eigenvalue weighted by Crippen LogP contribution is -2.57. The van der Waals surface area contributed by atoms with E-state index >= 15 is 0 Å². The van der Waals surface area contributed by atoms with Crippen LogP contribution in [-0.4, -0.2) is 48.8 Å². The first-order valence-corrected chi connectivity index (χ1v) is 10.5. The molecule has 27 heavy (non-hydrogen) atoms. The highest BCUT2D eigenvalue weighted by Gasteiger charge is 2.50. The molecule has 1 unspecified atom stereocenters. The number of nitrogens with one attached hydrogen (secondary N) is 1. The van der Waals surface area contributed by atoms with Crippen molar-refractivity contribution in [3.8, 4) is 0 Å².